The van der Waals surface area contributed by atoms with Gasteiger partial charge in [0.25, 0.3) is 0 Å². The van der Waals surface area contributed by atoms with Gasteiger partial charge in [0.05, 0.1) is 6.42 Å². The smallest absolute Gasteiger partial charge is 0.242 e. The largest absolute Gasteiger partial charge is 0.357 e. The number of hydrogen-bond acceptors (Lipinski definition) is 2. The number of nitrogens with zero attached hydrogens (tertiary/aromatic N) is 1. The topological polar surface area (TPSA) is 49.4 Å². The molecule has 1 atom stereocenters. The highest BCUT2D eigenvalue weighted by atomic mass is 16.2. The molecule has 2 aromatic rings. The predicted octanol–water partition coefficient (Wildman–Crippen LogP) is 3.71. The minimum atomic E-state index is -0.477. The first-order valence-corrected chi connectivity index (χ1v) is 9.48. The Morgan fingerprint density at radius 3 is 2.33 bits per heavy atom. The average Bonchev–Trinajstić information content (AvgIpc) is 2.64. The van der Waals surface area contributed by atoms with Crippen molar-refractivity contribution in [3.8, 4) is 0 Å². The molecule has 0 aliphatic carbocycles. The lowest BCUT2D eigenvalue weighted by Crippen LogP contribution is -2.48. The van der Waals surface area contributed by atoms with E-state index in [4.69, 9.17) is 0 Å². The van der Waals surface area contributed by atoms with E-state index in [0.717, 1.165) is 16.7 Å². The highest BCUT2D eigenvalue weighted by molar-refractivity contribution is 5.88. The summed E-state index contributed by atoms with van der Waals surface area (Å²) in [5.74, 6) is -0.159. The van der Waals surface area contributed by atoms with Crippen LogP contribution in [0.4, 0.5) is 0 Å². The SMILES string of the molecule is CC[C@@H](C(=O)NC)N(Cc1cccc(C)c1)C(=O)Cc1ccc(C)c(C)c1. The zero-order valence-corrected chi connectivity index (χ0v) is 17.0. The molecule has 0 aliphatic heterocycles. The highest BCUT2D eigenvalue weighted by Crippen LogP contribution is 2.17. The first kappa shape index (κ1) is 20.7. The van der Waals surface area contributed by atoms with Crippen molar-refractivity contribution in [3.05, 3.63) is 70.3 Å². The molecule has 0 radical (unpaired) electrons. The van der Waals surface area contributed by atoms with Gasteiger partial charge in [0.2, 0.25) is 11.8 Å². The van der Waals surface area contributed by atoms with E-state index < -0.39 is 6.04 Å². The molecule has 0 aromatic heterocycles. The molecule has 4 nitrogen and oxygen atoms in total. The first-order valence-electron chi connectivity index (χ1n) is 9.48. The number of carbonyl (C=O) groups is 2. The van der Waals surface area contributed by atoms with Crippen molar-refractivity contribution in [2.75, 3.05) is 7.05 Å². The van der Waals surface area contributed by atoms with Crippen molar-refractivity contribution in [2.24, 2.45) is 0 Å². The van der Waals surface area contributed by atoms with Gasteiger partial charge in [-0.1, -0.05) is 55.0 Å². The molecule has 0 spiro atoms. The van der Waals surface area contributed by atoms with Crippen LogP contribution < -0.4 is 5.32 Å². The number of nitrogens with one attached hydrogen (secondary N) is 1. The standard InChI is InChI=1S/C23H30N2O2/c1-6-21(23(27)24-5)25(15-20-9-7-8-16(2)12-20)22(26)14-19-11-10-17(3)18(4)13-19/h7-13,21H,6,14-15H2,1-5H3,(H,24,27)/t21-/m0/s1. The summed E-state index contributed by atoms with van der Waals surface area (Å²) in [6.07, 6.45) is 0.866. The van der Waals surface area contributed by atoms with E-state index in [9.17, 15) is 9.59 Å². The number of amides is 2. The molecule has 144 valence electrons. The minimum absolute atomic E-state index is 0.0322. The van der Waals surface area contributed by atoms with E-state index in [0.29, 0.717) is 19.4 Å². The number of aryl methyl sites for hydroxylation is 3. The summed E-state index contributed by atoms with van der Waals surface area (Å²) in [4.78, 5) is 27.3. The maximum Gasteiger partial charge on any atom is 0.242 e. The third-order valence-corrected chi connectivity index (χ3v) is 4.99. The normalized spacial score (nSPS) is 11.7. The van der Waals surface area contributed by atoms with E-state index in [1.807, 2.05) is 51.1 Å². The summed E-state index contributed by atoms with van der Waals surface area (Å²) in [6.45, 7) is 8.50. The summed E-state index contributed by atoms with van der Waals surface area (Å²) in [5, 5.41) is 2.70. The highest BCUT2D eigenvalue weighted by Gasteiger charge is 2.28. The van der Waals surface area contributed by atoms with Crippen LogP contribution >= 0.6 is 0 Å². The van der Waals surface area contributed by atoms with E-state index in [2.05, 4.69) is 24.4 Å². The van der Waals surface area contributed by atoms with Crippen molar-refractivity contribution in [2.45, 2.75) is 53.1 Å². The molecule has 0 saturated carbocycles. The fourth-order valence-corrected chi connectivity index (χ4v) is 3.28. The lowest BCUT2D eigenvalue weighted by atomic mass is 10.0. The molecule has 0 fully saturated rings. The van der Waals surface area contributed by atoms with Crippen LogP contribution in [0.1, 0.15) is 41.2 Å². The third kappa shape index (κ3) is 5.43. The summed E-state index contributed by atoms with van der Waals surface area (Å²) in [6, 6.07) is 13.7. The molecule has 4 heteroatoms. The minimum Gasteiger partial charge on any atom is -0.357 e. The monoisotopic (exact) mass is 366 g/mol. The van der Waals surface area contributed by atoms with E-state index >= 15 is 0 Å². The Morgan fingerprint density at radius 2 is 1.74 bits per heavy atom. The number of likely N-dealkylation sites (N-methyl/N-ethyl adjacent to an activating group) is 1. The van der Waals surface area contributed by atoms with E-state index in [-0.39, 0.29) is 11.8 Å². The van der Waals surface area contributed by atoms with Crippen molar-refractivity contribution in [1.29, 1.82) is 0 Å². The quantitative estimate of drug-likeness (QED) is 0.812. The van der Waals surface area contributed by atoms with E-state index in [1.165, 1.54) is 11.1 Å². The predicted molar refractivity (Wildman–Crippen MR) is 109 cm³/mol. The number of benzene rings is 2. The zero-order chi connectivity index (χ0) is 20.0. The lowest BCUT2D eigenvalue weighted by Gasteiger charge is -2.30. The Bertz CT molecular complexity index is 814. The molecular formula is C23H30N2O2. The van der Waals surface area contributed by atoms with Gasteiger partial charge in [0.15, 0.2) is 0 Å². The molecule has 0 bridgehead atoms. The van der Waals surface area contributed by atoms with Crippen LogP contribution in [0.5, 0.6) is 0 Å². The number of rotatable bonds is 7. The zero-order valence-electron chi connectivity index (χ0n) is 17.0. The molecule has 27 heavy (non-hydrogen) atoms. The summed E-state index contributed by atoms with van der Waals surface area (Å²) < 4.78 is 0. The molecule has 2 amide bonds. The summed E-state index contributed by atoms with van der Waals surface area (Å²) in [7, 11) is 1.61. The Hall–Kier alpha value is -2.62. The van der Waals surface area contributed by atoms with Gasteiger partial charge in [-0.2, -0.15) is 0 Å². The van der Waals surface area contributed by atoms with Crippen LogP contribution in [0.25, 0.3) is 0 Å². The van der Waals surface area contributed by atoms with Crippen molar-refractivity contribution < 1.29 is 9.59 Å². The molecule has 0 aliphatic rings. The Labute approximate surface area is 162 Å². The van der Waals surface area contributed by atoms with Gasteiger partial charge in [-0.3, -0.25) is 9.59 Å². The Morgan fingerprint density at radius 1 is 1.00 bits per heavy atom. The second-order valence-electron chi connectivity index (χ2n) is 7.14. The molecule has 1 N–H and O–H groups in total. The number of carbonyl (C=O) groups excluding carboxylic acids is 2. The van der Waals surface area contributed by atoms with Gasteiger partial charge >= 0.3 is 0 Å². The lowest BCUT2D eigenvalue weighted by molar-refractivity contribution is -0.140. The fraction of sp³-hybridized carbons (Fsp3) is 0.391. The second-order valence-corrected chi connectivity index (χ2v) is 7.14. The van der Waals surface area contributed by atoms with Crippen molar-refractivity contribution in [3.63, 3.8) is 0 Å². The van der Waals surface area contributed by atoms with Crippen LogP contribution in [-0.4, -0.2) is 29.8 Å². The molecular weight excluding hydrogens is 336 g/mol. The fourth-order valence-electron chi connectivity index (χ4n) is 3.28. The van der Waals surface area contributed by atoms with Crippen LogP contribution in [0.3, 0.4) is 0 Å². The average molecular weight is 367 g/mol. The molecule has 2 rings (SSSR count). The third-order valence-electron chi connectivity index (χ3n) is 4.99. The van der Waals surface area contributed by atoms with Gasteiger partial charge in [-0.05, 0) is 49.4 Å². The van der Waals surface area contributed by atoms with Gasteiger partial charge in [0, 0.05) is 13.6 Å². The molecule has 2 aromatic carbocycles. The molecule has 0 saturated heterocycles. The second kappa shape index (κ2) is 9.36. The maximum atomic E-state index is 13.2. The van der Waals surface area contributed by atoms with Gasteiger partial charge in [-0.15, -0.1) is 0 Å². The summed E-state index contributed by atoms with van der Waals surface area (Å²) in [5.41, 5.74) is 5.53. The van der Waals surface area contributed by atoms with Crippen LogP contribution in [-0.2, 0) is 22.6 Å². The van der Waals surface area contributed by atoms with Crippen LogP contribution in [0.15, 0.2) is 42.5 Å². The Kier molecular flexibility index (Phi) is 7.17. The van der Waals surface area contributed by atoms with Crippen molar-refractivity contribution >= 4 is 11.8 Å². The van der Waals surface area contributed by atoms with Gasteiger partial charge in [-0.25, -0.2) is 0 Å². The van der Waals surface area contributed by atoms with Crippen LogP contribution in [0, 0.1) is 20.8 Å². The molecule has 0 heterocycles. The number of hydrogen-bond donors (Lipinski definition) is 1. The maximum absolute atomic E-state index is 13.2. The van der Waals surface area contributed by atoms with Crippen molar-refractivity contribution in [1.82, 2.24) is 10.2 Å². The van der Waals surface area contributed by atoms with Gasteiger partial charge in [0.1, 0.15) is 6.04 Å². The van der Waals surface area contributed by atoms with E-state index in [1.54, 1.807) is 11.9 Å². The first-order chi connectivity index (χ1) is 12.8. The van der Waals surface area contributed by atoms with Gasteiger partial charge < -0.3 is 10.2 Å². The van der Waals surface area contributed by atoms with Crippen LogP contribution in [0.2, 0.25) is 0 Å². The molecule has 0 unspecified atom stereocenters. The summed E-state index contributed by atoms with van der Waals surface area (Å²) >= 11 is 0. The Balaban J connectivity index is 2.30.